The third kappa shape index (κ3) is 5.36. The Morgan fingerprint density at radius 2 is 1.81 bits per heavy atom. The fourth-order valence-corrected chi connectivity index (χ4v) is 3.11. The number of pyridine rings is 1. The number of piperidine rings is 1. The quantitative estimate of drug-likeness (QED) is 0.802. The lowest BCUT2D eigenvalue weighted by Crippen LogP contribution is -2.41. The maximum absolute atomic E-state index is 13.3. The van der Waals surface area contributed by atoms with Gasteiger partial charge in [0.25, 0.3) is 0 Å². The number of aliphatic hydroxyl groups excluding tert-OH is 1. The topological polar surface area (TPSA) is 74.2 Å². The van der Waals surface area contributed by atoms with Crippen LogP contribution in [0.5, 0.6) is 0 Å². The van der Waals surface area contributed by atoms with Crippen molar-refractivity contribution < 1.29 is 18.3 Å². The zero-order valence-electron chi connectivity index (χ0n) is 14.8. The minimum absolute atomic E-state index is 0.0376. The molecular weight excluding hydrogens is 359 g/mol. The highest BCUT2D eigenvalue weighted by molar-refractivity contribution is 5.57. The molecule has 3 rings (SSSR count). The Hall–Kier alpha value is -2.26. The normalized spacial score (nSPS) is 16.9. The van der Waals surface area contributed by atoms with Gasteiger partial charge >= 0.3 is 6.18 Å². The van der Waals surface area contributed by atoms with Gasteiger partial charge < -0.3 is 15.3 Å². The molecule has 1 saturated heterocycles. The summed E-state index contributed by atoms with van der Waals surface area (Å²) >= 11 is 0. The van der Waals surface area contributed by atoms with E-state index in [0.29, 0.717) is 12.1 Å². The Morgan fingerprint density at radius 3 is 2.44 bits per heavy atom. The van der Waals surface area contributed by atoms with E-state index in [4.69, 9.17) is 0 Å². The highest BCUT2D eigenvalue weighted by Crippen LogP contribution is 2.30. The zero-order chi connectivity index (χ0) is 19.3. The number of anilines is 1. The monoisotopic (exact) mass is 381 g/mol. The molecule has 9 heteroatoms. The predicted octanol–water partition coefficient (Wildman–Crippen LogP) is 2.82. The molecule has 2 aromatic heterocycles. The molecule has 1 atom stereocenters. The number of rotatable bonds is 6. The van der Waals surface area contributed by atoms with Crippen LogP contribution in [-0.4, -0.2) is 57.2 Å². The van der Waals surface area contributed by atoms with E-state index in [-0.39, 0.29) is 18.2 Å². The van der Waals surface area contributed by atoms with Crippen molar-refractivity contribution in [3.63, 3.8) is 0 Å². The Morgan fingerprint density at radius 1 is 1.11 bits per heavy atom. The van der Waals surface area contributed by atoms with Crippen molar-refractivity contribution in [3.8, 4) is 11.4 Å². The van der Waals surface area contributed by atoms with Crippen molar-refractivity contribution in [1.82, 2.24) is 19.9 Å². The molecule has 2 N–H and O–H groups in total. The third-order valence-electron chi connectivity index (χ3n) is 4.45. The molecule has 0 radical (unpaired) electrons. The fourth-order valence-electron chi connectivity index (χ4n) is 3.11. The number of nitrogens with one attached hydrogen (secondary N) is 1. The maximum Gasteiger partial charge on any atom is 0.433 e. The van der Waals surface area contributed by atoms with Gasteiger partial charge in [-0.15, -0.1) is 0 Å². The predicted molar refractivity (Wildman–Crippen MR) is 95.1 cm³/mol. The van der Waals surface area contributed by atoms with E-state index in [1.54, 1.807) is 12.1 Å². The number of aromatic nitrogens is 3. The molecule has 6 nitrogen and oxygen atoms in total. The van der Waals surface area contributed by atoms with Gasteiger partial charge in [0.05, 0.1) is 12.6 Å². The molecule has 0 bridgehead atoms. The SMILES string of the molecule is OC[C@H](CN1CCCCC1)Nc1cc(C(F)(F)F)nc(-c2ccncc2)n1. The van der Waals surface area contributed by atoms with Gasteiger partial charge in [-0.1, -0.05) is 6.42 Å². The lowest BCUT2D eigenvalue weighted by atomic mass is 10.1. The molecule has 2 aromatic rings. The zero-order valence-corrected chi connectivity index (χ0v) is 14.8. The van der Waals surface area contributed by atoms with Crippen molar-refractivity contribution in [1.29, 1.82) is 0 Å². The maximum atomic E-state index is 13.3. The van der Waals surface area contributed by atoms with E-state index >= 15 is 0 Å². The van der Waals surface area contributed by atoms with Crippen LogP contribution in [0.25, 0.3) is 11.4 Å². The molecule has 27 heavy (non-hydrogen) atoms. The van der Waals surface area contributed by atoms with Gasteiger partial charge in [-0.3, -0.25) is 4.98 Å². The summed E-state index contributed by atoms with van der Waals surface area (Å²) in [6.45, 7) is 2.20. The van der Waals surface area contributed by atoms with Crippen LogP contribution in [0.4, 0.5) is 19.0 Å². The lowest BCUT2D eigenvalue weighted by Gasteiger charge is -2.30. The molecular formula is C18H22F3N5O. The Labute approximate surface area is 155 Å². The molecule has 0 aliphatic carbocycles. The van der Waals surface area contributed by atoms with E-state index in [1.807, 2.05) is 0 Å². The van der Waals surface area contributed by atoms with Crippen molar-refractivity contribution in [2.24, 2.45) is 0 Å². The van der Waals surface area contributed by atoms with E-state index < -0.39 is 17.9 Å². The third-order valence-corrected chi connectivity index (χ3v) is 4.45. The van der Waals surface area contributed by atoms with Crippen LogP contribution in [0.2, 0.25) is 0 Å². The summed E-state index contributed by atoms with van der Waals surface area (Å²) in [4.78, 5) is 13.9. The van der Waals surface area contributed by atoms with Crippen LogP contribution >= 0.6 is 0 Å². The largest absolute Gasteiger partial charge is 0.433 e. The molecule has 0 unspecified atom stereocenters. The lowest BCUT2D eigenvalue weighted by molar-refractivity contribution is -0.141. The Balaban J connectivity index is 1.84. The smallest absolute Gasteiger partial charge is 0.394 e. The molecule has 0 saturated carbocycles. The summed E-state index contributed by atoms with van der Waals surface area (Å²) < 4.78 is 39.8. The Kier molecular flexibility index (Phi) is 6.22. The number of nitrogens with zero attached hydrogens (tertiary/aromatic N) is 4. The first-order valence-corrected chi connectivity index (χ1v) is 8.92. The van der Waals surface area contributed by atoms with Gasteiger partial charge in [-0.2, -0.15) is 13.2 Å². The number of hydrogen-bond acceptors (Lipinski definition) is 6. The average molecular weight is 381 g/mol. The van der Waals surface area contributed by atoms with Crippen LogP contribution < -0.4 is 5.32 Å². The second-order valence-electron chi connectivity index (χ2n) is 6.58. The van der Waals surface area contributed by atoms with Gasteiger partial charge in [0.1, 0.15) is 5.82 Å². The van der Waals surface area contributed by atoms with E-state index in [9.17, 15) is 18.3 Å². The molecule has 146 valence electrons. The first-order chi connectivity index (χ1) is 13.0. The number of aliphatic hydroxyl groups is 1. The van der Waals surface area contributed by atoms with Gasteiger partial charge in [0, 0.05) is 30.6 Å². The number of hydrogen-bond donors (Lipinski definition) is 2. The van der Waals surface area contributed by atoms with E-state index in [2.05, 4.69) is 25.2 Å². The summed E-state index contributed by atoms with van der Waals surface area (Å²) in [5.74, 6) is 0.00424. The summed E-state index contributed by atoms with van der Waals surface area (Å²) in [6, 6.07) is 3.57. The summed E-state index contributed by atoms with van der Waals surface area (Å²) in [5.41, 5.74) is -0.586. The standard InChI is InChI=1S/C18H22F3N5O/c19-18(20,21)15-10-16(25-17(24-15)13-4-6-22-7-5-13)23-14(12-27)11-26-8-2-1-3-9-26/h4-7,10,14,27H,1-3,8-9,11-12H2,(H,23,24,25)/t14-/m0/s1. The van der Waals surface area contributed by atoms with E-state index in [0.717, 1.165) is 32.0 Å². The van der Waals surface area contributed by atoms with Crippen LogP contribution in [0.15, 0.2) is 30.6 Å². The van der Waals surface area contributed by atoms with Gasteiger partial charge in [0.15, 0.2) is 11.5 Å². The number of halogens is 3. The molecule has 1 fully saturated rings. The minimum Gasteiger partial charge on any atom is -0.394 e. The Bertz CT molecular complexity index is 736. The summed E-state index contributed by atoms with van der Waals surface area (Å²) in [5, 5.41) is 12.6. The van der Waals surface area contributed by atoms with Crippen LogP contribution in [-0.2, 0) is 6.18 Å². The van der Waals surface area contributed by atoms with Gasteiger partial charge in [0.2, 0.25) is 0 Å². The first-order valence-electron chi connectivity index (χ1n) is 8.92. The molecule has 0 spiro atoms. The fraction of sp³-hybridized carbons (Fsp3) is 0.500. The van der Waals surface area contributed by atoms with Gasteiger partial charge in [-0.05, 0) is 38.1 Å². The van der Waals surface area contributed by atoms with Crippen LogP contribution in [0.3, 0.4) is 0 Å². The second kappa shape index (κ2) is 8.62. The van der Waals surface area contributed by atoms with Crippen molar-refractivity contribution in [2.45, 2.75) is 31.5 Å². The average Bonchev–Trinajstić information content (AvgIpc) is 2.68. The van der Waals surface area contributed by atoms with Crippen LogP contribution in [0.1, 0.15) is 25.0 Å². The van der Waals surface area contributed by atoms with Crippen molar-refractivity contribution in [2.75, 3.05) is 31.6 Å². The van der Waals surface area contributed by atoms with Crippen molar-refractivity contribution >= 4 is 5.82 Å². The minimum atomic E-state index is -4.59. The molecule has 0 aromatic carbocycles. The number of likely N-dealkylation sites (tertiary alicyclic amines) is 1. The van der Waals surface area contributed by atoms with Crippen LogP contribution in [0, 0.1) is 0 Å². The molecule has 0 amide bonds. The second-order valence-corrected chi connectivity index (χ2v) is 6.58. The summed E-state index contributed by atoms with van der Waals surface area (Å²) in [6.07, 6.45) is 1.72. The number of alkyl halides is 3. The van der Waals surface area contributed by atoms with E-state index in [1.165, 1.54) is 18.8 Å². The summed E-state index contributed by atoms with van der Waals surface area (Å²) in [7, 11) is 0. The molecule has 3 heterocycles. The van der Waals surface area contributed by atoms with Gasteiger partial charge in [-0.25, -0.2) is 9.97 Å². The first kappa shape index (κ1) is 19.5. The van der Waals surface area contributed by atoms with Crippen molar-refractivity contribution in [3.05, 3.63) is 36.3 Å². The highest BCUT2D eigenvalue weighted by atomic mass is 19.4. The molecule has 1 aliphatic heterocycles. The highest BCUT2D eigenvalue weighted by Gasteiger charge is 2.34. The molecule has 1 aliphatic rings.